The van der Waals surface area contributed by atoms with Gasteiger partial charge in [0.05, 0.1) is 10.5 Å². The summed E-state index contributed by atoms with van der Waals surface area (Å²) in [7, 11) is -2.40. The number of hydrogen-bond acceptors (Lipinski definition) is 5. The number of Topliss-reactive ketones (excluding diaryl/α,β-unsaturated/α-hetero) is 1. The Kier molecular flexibility index (Phi) is 7.27. The largest absolute Gasteiger partial charge is 0.454 e. The van der Waals surface area contributed by atoms with Crippen LogP contribution in [0.2, 0.25) is 0 Å². The Labute approximate surface area is 188 Å². The first kappa shape index (κ1) is 23.4. The Hall–Kier alpha value is -3.23. The topological polar surface area (TPSA) is 94.5 Å². The van der Waals surface area contributed by atoms with E-state index < -0.39 is 22.6 Å². The standard InChI is InChI=1S/C24H26N2O5S/c1-17-14-22(18(2)26(17)13-12-19-8-5-4-6-9-19)23(27)16-31-24(28)20-10-7-11-21(15-20)32(29,30)25-3/h4-11,14-15,25H,12-13,16H2,1-3H3. The molecule has 1 N–H and O–H groups in total. The van der Waals surface area contributed by atoms with Crippen molar-refractivity contribution in [3.8, 4) is 0 Å². The molecule has 7 nitrogen and oxygen atoms in total. The number of nitrogens with one attached hydrogen (secondary N) is 1. The second-order valence-corrected chi connectivity index (χ2v) is 9.29. The number of ether oxygens (including phenoxy) is 1. The van der Waals surface area contributed by atoms with Gasteiger partial charge >= 0.3 is 5.97 Å². The van der Waals surface area contributed by atoms with Gasteiger partial charge in [-0.25, -0.2) is 17.9 Å². The number of ketones is 1. The second-order valence-electron chi connectivity index (χ2n) is 7.41. The van der Waals surface area contributed by atoms with Crippen molar-refractivity contribution in [2.24, 2.45) is 0 Å². The van der Waals surface area contributed by atoms with Crippen molar-refractivity contribution in [3.05, 3.63) is 88.7 Å². The molecule has 1 aromatic heterocycles. The van der Waals surface area contributed by atoms with Gasteiger partial charge in [0.2, 0.25) is 15.8 Å². The quantitative estimate of drug-likeness (QED) is 0.395. The van der Waals surface area contributed by atoms with Gasteiger partial charge in [-0.05, 0) is 57.1 Å². The molecule has 0 unspecified atom stereocenters. The Morgan fingerprint density at radius 1 is 1.00 bits per heavy atom. The molecule has 0 aliphatic rings. The fourth-order valence-electron chi connectivity index (χ4n) is 3.51. The minimum Gasteiger partial charge on any atom is -0.454 e. The highest BCUT2D eigenvalue weighted by atomic mass is 32.2. The summed E-state index contributed by atoms with van der Waals surface area (Å²) in [5.41, 5.74) is 3.56. The van der Waals surface area contributed by atoms with Crippen molar-refractivity contribution in [2.45, 2.75) is 31.7 Å². The zero-order valence-electron chi connectivity index (χ0n) is 18.3. The molecule has 8 heteroatoms. The summed E-state index contributed by atoms with van der Waals surface area (Å²) in [6.45, 7) is 4.12. The molecule has 1 heterocycles. The van der Waals surface area contributed by atoms with Gasteiger partial charge in [0.1, 0.15) is 0 Å². The van der Waals surface area contributed by atoms with Gasteiger partial charge in [-0.15, -0.1) is 0 Å². The summed E-state index contributed by atoms with van der Waals surface area (Å²) in [6.07, 6.45) is 0.839. The van der Waals surface area contributed by atoms with Crippen LogP contribution >= 0.6 is 0 Å². The van der Waals surface area contributed by atoms with E-state index in [0.717, 1.165) is 24.4 Å². The van der Waals surface area contributed by atoms with Crippen molar-refractivity contribution < 1.29 is 22.7 Å². The lowest BCUT2D eigenvalue weighted by atomic mass is 10.1. The molecule has 0 fully saturated rings. The van der Waals surface area contributed by atoms with Crippen LogP contribution in [0, 0.1) is 13.8 Å². The van der Waals surface area contributed by atoms with Crippen molar-refractivity contribution >= 4 is 21.8 Å². The molecule has 2 aromatic carbocycles. The average Bonchev–Trinajstić information content (AvgIpc) is 3.09. The minimum absolute atomic E-state index is 0.0530. The van der Waals surface area contributed by atoms with E-state index in [9.17, 15) is 18.0 Å². The first-order valence-electron chi connectivity index (χ1n) is 10.2. The molecule has 3 aromatic rings. The summed E-state index contributed by atoms with van der Waals surface area (Å²) < 4.78 is 33.3. The molecule has 0 saturated heterocycles. The fourth-order valence-corrected chi connectivity index (χ4v) is 4.29. The third kappa shape index (κ3) is 5.33. The number of benzene rings is 2. The molecule has 0 aliphatic carbocycles. The van der Waals surface area contributed by atoms with Crippen LogP contribution in [0.4, 0.5) is 0 Å². The maximum absolute atomic E-state index is 12.7. The fraction of sp³-hybridized carbons (Fsp3) is 0.250. The molecule has 3 rings (SSSR count). The van der Waals surface area contributed by atoms with Gasteiger partial charge in [-0.2, -0.15) is 0 Å². The lowest BCUT2D eigenvalue weighted by molar-refractivity contribution is 0.0474. The lowest BCUT2D eigenvalue weighted by Crippen LogP contribution is -2.19. The molecule has 0 amide bonds. The SMILES string of the molecule is CNS(=O)(=O)c1cccc(C(=O)OCC(=O)c2cc(C)n(CCc3ccccc3)c2C)c1. The number of nitrogens with zero attached hydrogens (tertiary/aromatic N) is 1. The van der Waals surface area contributed by atoms with E-state index in [0.29, 0.717) is 5.56 Å². The monoisotopic (exact) mass is 454 g/mol. The van der Waals surface area contributed by atoms with E-state index in [1.165, 1.54) is 36.9 Å². The van der Waals surface area contributed by atoms with E-state index in [-0.39, 0.29) is 16.2 Å². The highest BCUT2D eigenvalue weighted by Gasteiger charge is 2.19. The Morgan fingerprint density at radius 3 is 2.41 bits per heavy atom. The summed E-state index contributed by atoms with van der Waals surface area (Å²) in [5.74, 6) is -1.07. The number of hydrogen-bond donors (Lipinski definition) is 1. The highest BCUT2D eigenvalue weighted by Crippen LogP contribution is 2.18. The maximum atomic E-state index is 12.7. The molecule has 0 atom stereocenters. The van der Waals surface area contributed by atoms with Gasteiger partial charge in [0.25, 0.3) is 0 Å². The van der Waals surface area contributed by atoms with Crippen molar-refractivity contribution in [1.82, 2.24) is 9.29 Å². The zero-order chi connectivity index (χ0) is 23.3. The smallest absolute Gasteiger partial charge is 0.338 e. The van der Waals surface area contributed by atoms with Gasteiger partial charge < -0.3 is 9.30 Å². The number of aromatic nitrogens is 1. The Bertz CT molecular complexity index is 1230. The maximum Gasteiger partial charge on any atom is 0.338 e. The molecule has 0 bridgehead atoms. The Balaban J connectivity index is 1.66. The average molecular weight is 455 g/mol. The molecule has 0 radical (unpaired) electrons. The number of sulfonamides is 1. The summed E-state index contributed by atoms with van der Waals surface area (Å²) >= 11 is 0. The summed E-state index contributed by atoms with van der Waals surface area (Å²) in [6, 6.07) is 17.4. The van der Waals surface area contributed by atoms with Crippen molar-refractivity contribution in [3.63, 3.8) is 0 Å². The number of aryl methyl sites for hydroxylation is 2. The Morgan fingerprint density at radius 2 is 1.72 bits per heavy atom. The van der Waals surface area contributed by atoms with Crippen LogP contribution in [0.3, 0.4) is 0 Å². The van der Waals surface area contributed by atoms with E-state index >= 15 is 0 Å². The highest BCUT2D eigenvalue weighted by molar-refractivity contribution is 7.89. The van der Waals surface area contributed by atoms with Gasteiger partial charge in [-0.1, -0.05) is 36.4 Å². The first-order chi connectivity index (χ1) is 15.2. The predicted molar refractivity (Wildman–Crippen MR) is 121 cm³/mol. The molecule has 0 aliphatic heterocycles. The zero-order valence-corrected chi connectivity index (χ0v) is 19.1. The molecule has 0 spiro atoms. The van der Waals surface area contributed by atoms with Crippen LogP contribution in [0.1, 0.15) is 37.7 Å². The van der Waals surface area contributed by atoms with E-state index in [4.69, 9.17) is 4.74 Å². The third-order valence-electron chi connectivity index (χ3n) is 5.32. The van der Waals surface area contributed by atoms with Gasteiger partial charge in [0, 0.05) is 23.5 Å². The first-order valence-corrected chi connectivity index (χ1v) is 11.7. The van der Waals surface area contributed by atoms with Gasteiger partial charge in [-0.3, -0.25) is 4.79 Å². The van der Waals surface area contributed by atoms with Crippen molar-refractivity contribution in [1.29, 1.82) is 0 Å². The molecule has 0 saturated carbocycles. The number of carbonyl (C=O) groups excluding carboxylic acids is 2. The van der Waals surface area contributed by atoms with E-state index in [1.807, 2.05) is 32.0 Å². The number of rotatable bonds is 9. The molecule has 32 heavy (non-hydrogen) atoms. The molecule has 168 valence electrons. The minimum atomic E-state index is -3.69. The van der Waals surface area contributed by atoms with E-state index in [1.54, 1.807) is 6.07 Å². The third-order valence-corrected chi connectivity index (χ3v) is 6.74. The van der Waals surface area contributed by atoms with Crippen LogP contribution in [0.25, 0.3) is 0 Å². The number of carbonyl (C=O) groups is 2. The summed E-state index contributed by atoms with van der Waals surface area (Å²) in [5, 5.41) is 0. The lowest BCUT2D eigenvalue weighted by Gasteiger charge is -2.10. The predicted octanol–water partition coefficient (Wildman–Crippen LogP) is 3.30. The number of esters is 1. The normalized spacial score (nSPS) is 11.3. The van der Waals surface area contributed by atoms with Crippen LogP contribution in [0.15, 0.2) is 65.6 Å². The second kappa shape index (κ2) is 9.93. The van der Waals surface area contributed by atoms with Crippen LogP contribution in [-0.4, -0.2) is 38.4 Å². The molecular weight excluding hydrogens is 428 g/mol. The van der Waals surface area contributed by atoms with Gasteiger partial charge in [0.15, 0.2) is 6.61 Å². The van der Waals surface area contributed by atoms with Crippen LogP contribution in [0.5, 0.6) is 0 Å². The molecular formula is C24H26N2O5S. The van der Waals surface area contributed by atoms with Crippen molar-refractivity contribution in [2.75, 3.05) is 13.7 Å². The van der Waals surface area contributed by atoms with Crippen LogP contribution < -0.4 is 4.72 Å². The summed E-state index contributed by atoms with van der Waals surface area (Å²) in [4.78, 5) is 25.0. The van der Waals surface area contributed by atoms with E-state index in [2.05, 4.69) is 21.4 Å². The van der Waals surface area contributed by atoms with Crippen LogP contribution in [-0.2, 0) is 27.7 Å².